The number of esters is 1. The van der Waals surface area contributed by atoms with E-state index in [0.29, 0.717) is 11.1 Å². The van der Waals surface area contributed by atoms with Gasteiger partial charge in [0, 0.05) is 17.9 Å². The van der Waals surface area contributed by atoms with Gasteiger partial charge in [-0.15, -0.1) is 0 Å². The lowest BCUT2D eigenvalue weighted by atomic mass is 10.00. The number of rotatable bonds is 3. The van der Waals surface area contributed by atoms with Crippen molar-refractivity contribution in [3.63, 3.8) is 0 Å². The van der Waals surface area contributed by atoms with Gasteiger partial charge in [0.25, 0.3) is 0 Å². The zero-order chi connectivity index (χ0) is 13.8. The summed E-state index contributed by atoms with van der Waals surface area (Å²) in [7, 11) is 1.60. The van der Waals surface area contributed by atoms with E-state index in [9.17, 15) is 10.1 Å². The van der Waals surface area contributed by atoms with Gasteiger partial charge in [-0.25, -0.2) is 0 Å². The molecule has 19 heavy (non-hydrogen) atoms. The summed E-state index contributed by atoms with van der Waals surface area (Å²) < 4.78 is 10.1. The minimum absolute atomic E-state index is 0.111. The number of benzene rings is 2. The van der Waals surface area contributed by atoms with E-state index in [1.807, 2.05) is 18.2 Å². The third-order valence-electron chi connectivity index (χ3n) is 2.86. The van der Waals surface area contributed by atoms with E-state index in [0.717, 1.165) is 16.5 Å². The molecule has 2 aromatic rings. The van der Waals surface area contributed by atoms with Crippen LogP contribution in [0.2, 0.25) is 0 Å². The molecular weight excluding hydrogens is 242 g/mol. The van der Waals surface area contributed by atoms with Gasteiger partial charge in [0.2, 0.25) is 0 Å². The maximum Gasteiger partial charge on any atom is 0.302 e. The number of carbonyl (C=O) groups is 1. The average Bonchev–Trinajstić information content (AvgIpc) is 2.43. The van der Waals surface area contributed by atoms with Crippen LogP contribution in [0.4, 0.5) is 0 Å². The fourth-order valence-electron chi connectivity index (χ4n) is 1.91. The summed E-state index contributed by atoms with van der Waals surface area (Å²) in [5.74, 6) is 0.378. The first-order valence-electron chi connectivity index (χ1n) is 5.79. The molecule has 0 bridgehead atoms. The quantitative estimate of drug-likeness (QED) is 0.791. The topological polar surface area (TPSA) is 59.3 Å². The van der Waals surface area contributed by atoms with E-state index >= 15 is 0 Å². The maximum atomic E-state index is 10.8. The van der Waals surface area contributed by atoms with E-state index in [-0.39, 0.29) is 12.6 Å². The second-order valence-corrected chi connectivity index (χ2v) is 4.08. The van der Waals surface area contributed by atoms with E-state index in [2.05, 4.69) is 6.07 Å². The summed E-state index contributed by atoms with van der Waals surface area (Å²) in [4.78, 5) is 10.8. The molecule has 0 aliphatic rings. The number of hydrogen-bond donors (Lipinski definition) is 0. The molecule has 0 atom stereocenters. The molecule has 0 aromatic heterocycles. The Morgan fingerprint density at radius 3 is 2.74 bits per heavy atom. The van der Waals surface area contributed by atoms with Crippen LogP contribution in [0.25, 0.3) is 10.8 Å². The van der Waals surface area contributed by atoms with Crippen LogP contribution in [0.15, 0.2) is 30.3 Å². The molecule has 0 amide bonds. The average molecular weight is 255 g/mol. The van der Waals surface area contributed by atoms with Gasteiger partial charge in [0.1, 0.15) is 18.4 Å². The summed E-state index contributed by atoms with van der Waals surface area (Å²) in [6.07, 6.45) is 0. The van der Waals surface area contributed by atoms with Gasteiger partial charge in [-0.1, -0.05) is 12.1 Å². The number of nitriles is 1. The lowest BCUT2D eigenvalue weighted by Crippen LogP contribution is -2.01. The monoisotopic (exact) mass is 255 g/mol. The van der Waals surface area contributed by atoms with Crippen LogP contribution in [0.3, 0.4) is 0 Å². The molecule has 0 unspecified atom stereocenters. The first-order valence-corrected chi connectivity index (χ1v) is 5.79. The zero-order valence-electron chi connectivity index (χ0n) is 10.8. The van der Waals surface area contributed by atoms with Gasteiger partial charge in [0.05, 0.1) is 12.7 Å². The van der Waals surface area contributed by atoms with Gasteiger partial charge in [0.15, 0.2) is 0 Å². The number of carbonyl (C=O) groups excluding carboxylic acids is 1. The molecule has 4 heteroatoms. The van der Waals surface area contributed by atoms with Gasteiger partial charge in [-0.3, -0.25) is 4.79 Å². The second kappa shape index (κ2) is 5.40. The molecule has 0 N–H and O–H groups in total. The molecule has 96 valence electrons. The Morgan fingerprint density at radius 2 is 2.11 bits per heavy atom. The number of fused-ring (bicyclic) bond motifs is 1. The van der Waals surface area contributed by atoms with Crippen molar-refractivity contribution in [2.75, 3.05) is 7.11 Å². The van der Waals surface area contributed by atoms with E-state index < -0.39 is 0 Å². The van der Waals surface area contributed by atoms with Gasteiger partial charge >= 0.3 is 5.97 Å². The summed E-state index contributed by atoms with van der Waals surface area (Å²) in [5.41, 5.74) is 1.23. The predicted octanol–water partition coefficient (Wildman–Crippen LogP) is 2.78. The van der Waals surface area contributed by atoms with Crippen molar-refractivity contribution in [1.82, 2.24) is 0 Å². The van der Waals surface area contributed by atoms with Crippen molar-refractivity contribution >= 4 is 16.7 Å². The highest BCUT2D eigenvalue weighted by Gasteiger charge is 2.09. The Hall–Kier alpha value is -2.54. The van der Waals surface area contributed by atoms with Crippen LogP contribution >= 0.6 is 0 Å². The predicted molar refractivity (Wildman–Crippen MR) is 70.7 cm³/mol. The number of nitrogens with zero attached hydrogens (tertiary/aromatic N) is 1. The van der Waals surface area contributed by atoms with Gasteiger partial charge < -0.3 is 9.47 Å². The fraction of sp³-hybridized carbons (Fsp3) is 0.200. The summed E-state index contributed by atoms with van der Waals surface area (Å²) in [6.45, 7) is 1.46. The molecule has 2 aromatic carbocycles. The van der Waals surface area contributed by atoms with Crippen molar-refractivity contribution in [3.8, 4) is 11.8 Å². The third kappa shape index (κ3) is 2.66. The van der Waals surface area contributed by atoms with Gasteiger partial charge in [-0.2, -0.15) is 5.26 Å². The van der Waals surface area contributed by atoms with Crippen LogP contribution in [-0.4, -0.2) is 13.1 Å². The van der Waals surface area contributed by atoms with Crippen molar-refractivity contribution in [2.24, 2.45) is 0 Å². The fourth-order valence-corrected chi connectivity index (χ4v) is 1.91. The highest BCUT2D eigenvalue weighted by atomic mass is 16.5. The minimum atomic E-state index is -0.362. The lowest BCUT2D eigenvalue weighted by molar-refractivity contribution is -0.142. The van der Waals surface area contributed by atoms with Crippen molar-refractivity contribution in [1.29, 1.82) is 5.26 Å². The molecule has 0 heterocycles. The molecule has 0 saturated heterocycles. The Labute approximate surface area is 111 Å². The SMILES string of the molecule is COc1ccc2c(C#N)c(COC(C)=O)ccc2c1. The number of hydrogen-bond acceptors (Lipinski definition) is 4. The molecule has 4 nitrogen and oxygen atoms in total. The second-order valence-electron chi connectivity index (χ2n) is 4.08. The Kier molecular flexibility index (Phi) is 3.67. The number of methoxy groups -OCH3 is 1. The van der Waals surface area contributed by atoms with Crippen LogP contribution in [-0.2, 0) is 16.1 Å². The molecule has 0 radical (unpaired) electrons. The molecule has 0 saturated carbocycles. The van der Waals surface area contributed by atoms with Crippen LogP contribution in [0.1, 0.15) is 18.1 Å². The maximum absolute atomic E-state index is 10.8. The normalized spacial score (nSPS) is 9.95. The van der Waals surface area contributed by atoms with Crippen LogP contribution in [0.5, 0.6) is 5.75 Å². The zero-order valence-corrected chi connectivity index (χ0v) is 10.8. The molecule has 0 aliphatic carbocycles. The first kappa shape index (κ1) is 12.9. The largest absolute Gasteiger partial charge is 0.497 e. The summed E-state index contributed by atoms with van der Waals surface area (Å²) >= 11 is 0. The van der Waals surface area contributed by atoms with Crippen molar-refractivity contribution in [2.45, 2.75) is 13.5 Å². The summed E-state index contributed by atoms with van der Waals surface area (Å²) in [5, 5.41) is 11.0. The molecular formula is C15H13NO3. The van der Waals surface area contributed by atoms with E-state index in [1.54, 1.807) is 19.2 Å². The van der Waals surface area contributed by atoms with Crippen LogP contribution < -0.4 is 4.74 Å². The minimum Gasteiger partial charge on any atom is -0.497 e. The molecule has 0 fully saturated rings. The Balaban J connectivity index is 2.51. The number of ether oxygens (including phenoxy) is 2. The highest BCUT2D eigenvalue weighted by Crippen LogP contribution is 2.26. The summed E-state index contributed by atoms with van der Waals surface area (Å²) in [6, 6.07) is 11.4. The standard InChI is InChI=1S/C15H13NO3/c1-10(17)19-9-12-4-3-11-7-13(18-2)5-6-14(11)15(12)8-16/h3-7H,9H2,1-2H3. The highest BCUT2D eigenvalue weighted by molar-refractivity contribution is 5.90. The van der Waals surface area contributed by atoms with Crippen molar-refractivity contribution < 1.29 is 14.3 Å². The lowest BCUT2D eigenvalue weighted by Gasteiger charge is -2.09. The van der Waals surface area contributed by atoms with E-state index in [1.165, 1.54) is 6.92 Å². The Morgan fingerprint density at radius 1 is 1.32 bits per heavy atom. The third-order valence-corrected chi connectivity index (χ3v) is 2.86. The van der Waals surface area contributed by atoms with Crippen molar-refractivity contribution in [3.05, 3.63) is 41.5 Å². The smallest absolute Gasteiger partial charge is 0.302 e. The Bertz CT molecular complexity index is 671. The molecule has 2 rings (SSSR count). The molecule has 0 aliphatic heterocycles. The van der Waals surface area contributed by atoms with E-state index in [4.69, 9.17) is 9.47 Å². The van der Waals surface area contributed by atoms with Crippen LogP contribution in [0, 0.1) is 11.3 Å². The molecule has 0 spiro atoms. The first-order chi connectivity index (χ1) is 9.15. The van der Waals surface area contributed by atoms with Gasteiger partial charge in [-0.05, 0) is 23.6 Å².